The van der Waals surface area contributed by atoms with Gasteiger partial charge < -0.3 is 4.74 Å². The number of benzene rings is 4. The third kappa shape index (κ3) is 4.29. The number of ether oxygens (including phenoxy) is 1. The van der Waals surface area contributed by atoms with E-state index in [2.05, 4.69) is 78.4 Å². The van der Waals surface area contributed by atoms with E-state index in [1.165, 1.54) is 21.9 Å². The molecule has 0 spiro atoms. The topological polar surface area (TPSA) is 21.6 Å². The fraction of sp³-hybridized carbons (Fsp3) is 0.115. The van der Waals surface area contributed by atoms with Crippen LogP contribution in [0.3, 0.4) is 0 Å². The van der Waals surface area contributed by atoms with E-state index in [-0.39, 0.29) is 0 Å². The van der Waals surface area contributed by atoms with E-state index in [1.807, 2.05) is 24.3 Å². The van der Waals surface area contributed by atoms with Crippen LogP contribution in [0, 0.1) is 0 Å². The smallest absolute Gasteiger partial charge is 0.119 e. The fourth-order valence-corrected chi connectivity index (χ4v) is 3.36. The molecule has 0 amide bonds. The monoisotopic (exact) mass is 365 g/mol. The lowest BCUT2D eigenvalue weighted by Crippen LogP contribution is -1.99. The molecule has 0 unspecified atom stereocenters. The van der Waals surface area contributed by atoms with Gasteiger partial charge in [0.25, 0.3) is 0 Å². The molecule has 0 N–H and O–H groups in total. The molecule has 28 heavy (non-hydrogen) atoms. The van der Waals surface area contributed by atoms with Crippen LogP contribution in [0.5, 0.6) is 5.75 Å². The van der Waals surface area contributed by atoms with Crippen molar-refractivity contribution in [2.75, 3.05) is 6.61 Å². The van der Waals surface area contributed by atoms with Gasteiger partial charge in [-0.2, -0.15) is 0 Å². The first kappa shape index (κ1) is 18.0. The SMILES string of the molecule is C=Nc1ccc(-c2ccc(OCCCc3ccc4ccccc4c3)cc2)cc1. The fourth-order valence-electron chi connectivity index (χ4n) is 3.36. The van der Waals surface area contributed by atoms with Crippen molar-refractivity contribution in [3.8, 4) is 16.9 Å². The molecule has 138 valence electrons. The van der Waals surface area contributed by atoms with Crippen molar-refractivity contribution in [3.05, 3.63) is 96.6 Å². The second kappa shape index (κ2) is 8.53. The molecule has 4 rings (SSSR count). The number of hydrogen-bond acceptors (Lipinski definition) is 2. The predicted molar refractivity (Wildman–Crippen MR) is 119 cm³/mol. The molecule has 0 aliphatic heterocycles. The highest BCUT2D eigenvalue weighted by Gasteiger charge is 2.01. The third-order valence-corrected chi connectivity index (χ3v) is 4.93. The first-order valence-electron chi connectivity index (χ1n) is 9.59. The average molecular weight is 365 g/mol. The van der Waals surface area contributed by atoms with Crippen LogP contribution in [0.1, 0.15) is 12.0 Å². The third-order valence-electron chi connectivity index (χ3n) is 4.93. The molecule has 4 aromatic carbocycles. The Morgan fingerprint density at radius 3 is 2.11 bits per heavy atom. The lowest BCUT2D eigenvalue weighted by atomic mass is 10.0. The number of fused-ring (bicyclic) bond motifs is 1. The van der Waals surface area contributed by atoms with Gasteiger partial charge in [-0.05, 0) is 71.3 Å². The van der Waals surface area contributed by atoms with Gasteiger partial charge in [-0.3, -0.25) is 4.99 Å². The lowest BCUT2D eigenvalue weighted by Gasteiger charge is -2.08. The molecule has 0 aromatic heterocycles. The van der Waals surface area contributed by atoms with Crippen molar-refractivity contribution >= 4 is 23.2 Å². The van der Waals surface area contributed by atoms with Crippen molar-refractivity contribution in [2.45, 2.75) is 12.8 Å². The van der Waals surface area contributed by atoms with Crippen LogP contribution in [-0.4, -0.2) is 13.3 Å². The minimum absolute atomic E-state index is 0.714. The Morgan fingerprint density at radius 1 is 0.714 bits per heavy atom. The van der Waals surface area contributed by atoms with E-state index in [1.54, 1.807) is 0 Å². The molecule has 2 heteroatoms. The van der Waals surface area contributed by atoms with Gasteiger partial charge in [0.2, 0.25) is 0 Å². The average Bonchev–Trinajstić information content (AvgIpc) is 2.77. The molecule has 0 saturated heterocycles. The second-order valence-corrected chi connectivity index (χ2v) is 6.86. The molecular weight excluding hydrogens is 342 g/mol. The maximum atomic E-state index is 5.92. The first-order valence-corrected chi connectivity index (χ1v) is 9.59. The minimum Gasteiger partial charge on any atom is -0.494 e. The molecule has 0 fully saturated rings. The summed E-state index contributed by atoms with van der Waals surface area (Å²) in [5.74, 6) is 0.909. The van der Waals surface area contributed by atoms with E-state index in [4.69, 9.17) is 4.74 Å². The number of rotatable bonds is 7. The highest BCUT2D eigenvalue weighted by atomic mass is 16.5. The summed E-state index contributed by atoms with van der Waals surface area (Å²) in [6, 6.07) is 31.5. The van der Waals surface area contributed by atoms with E-state index >= 15 is 0 Å². The Morgan fingerprint density at radius 2 is 1.39 bits per heavy atom. The van der Waals surface area contributed by atoms with Gasteiger partial charge in [-0.25, -0.2) is 0 Å². The van der Waals surface area contributed by atoms with Crippen LogP contribution < -0.4 is 4.74 Å². The van der Waals surface area contributed by atoms with E-state index in [0.29, 0.717) is 6.61 Å². The molecule has 0 saturated carbocycles. The zero-order valence-electron chi connectivity index (χ0n) is 15.8. The van der Waals surface area contributed by atoms with Gasteiger partial charge in [0.1, 0.15) is 5.75 Å². The molecule has 0 heterocycles. The van der Waals surface area contributed by atoms with E-state index in [0.717, 1.165) is 29.8 Å². The Balaban J connectivity index is 1.30. The van der Waals surface area contributed by atoms with Crippen molar-refractivity contribution in [3.63, 3.8) is 0 Å². The van der Waals surface area contributed by atoms with Crippen molar-refractivity contribution < 1.29 is 4.74 Å². The lowest BCUT2D eigenvalue weighted by molar-refractivity contribution is 0.311. The van der Waals surface area contributed by atoms with Gasteiger partial charge in [0.05, 0.1) is 12.3 Å². The summed E-state index contributed by atoms with van der Waals surface area (Å²) in [5.41, 5.74) is 4.57. The minimum atomic E-state index is 0.714. The van der Waals surface area contributed by atoms with Gasteiger partial charge in [0, 0.05) is 0 Å². The normalized spacial score (nSPS) is 10.7. The largest absolute Gasteiger partial charge is 0.494 e. The Kier molecular flexibility index (Phi) is 5.48. The predicted octanol–water partition coefficient (Wildman–Crippen LogP) is 6.85. The molecule has 0 atom stereocenters. The number of nitrogens with zero attached hydrogens (tertiary/aromatic N) is 1. The highest BCUT2D eigenvalue weighted by Crippen LogP contribution is 2.25. The van der Waals surface area contributed by atoms with Gasteiger partial charge in [0.15, 0.2) is 0 Å². The quantitative estimate of drug-likeness (QED) is 0.259. The van der Waals surface area contributed by atoms with Gasteiger partial charge in [-0.15, -0.1) is 0 Å². The van der Waals surface area contributed by atoms with Crippen LogP contribution in [0.25, 0.3) is 21.9 Å². The van der Waals surface area contributed by atoms with Crippen LogP contribution in [-0.2, 0) is 6.42 Å². The standard InChI is InChI=1S/C26H23NO/c1-27-25-14-10-22(11-15-25)23-12-16-26(17-13-23)28-18-4-5-20-8-9-21-6-2-3-7-24(21)19-20/h2-3,6-17,19H,1,4-5,18H2. The Labute approximate surface area is 166 Å². The molecule has 0 bridgehead atoms. The highest BCUT2D eigenvalue weighted by molar-refractivity contribution is 5.83. The van der Waals surface area contributed by atoms with Gasteiger partial charge in [-0.1, -0.05) is 66.7 Å². The molecular formula is C26H23NO. The molecule has 0 radical (unpaired) electrons. The zero-order chi connectivity index (χ0) is 19.2. The zero-order valence-corrected chi connectivity index (χ0v) is 15.8. The van der Waals surface area contributed by atoms with Crippen LogP contribution in [0.4, 0.5) is 5.69 Å². The number of aliphatic imine (C=N–C) groups is 1. The van der Waals surface area contributed by atoms with Crippen molar-refractivity contribution in [1.29, 1.82) is 0 Å². The van der Waals surface area contributed by atoms with E-state index in [9.17, 15) is 0 Å². The maximum absolute atomic E-state index is 5.92. The molecule has 0 aliphatic rings. The first-order chi connectivity index (χ1) is 13.8. The summed E-state index contributed by atoms with van der Waals surface area (Å²) in [7, 11) is 0. The molecule has 0 aliphatic carbocycles. The summed E-state index contributed by atoms with van der Waals surface area (Å²) in [6.07, 6.45) is 2.02. The number of hydrogen-bond donors (Lipinski definition) is 0. The Bertz CT molecular complexity index is 1070. The summed E-state index contributed by atoms with van der Waals surface area (Å²) in [6.45, 7) is 4.26. The Hall–Kier alpha value is -3.39. The van der Waals surface area contributed by atoms with Crippen molar-refractivity contribution in [1.82, 2.24) is 0 Å². The maximum Gasteiger partial charge on any atom is 0.119 e. The molecule has 2 nitrogen and oxygen atoms in total. The summed E-state index contributed by atoms with van der Waals surface area (Å²) < 4.78 is 5.92. The van der Waals surface area contributed by atoms with Crippen LogP contribution in [0.15, 0.2) is 96.0 Å². The van der Waals surface area contributed by atoms with Crippen LogP contribution in [0.2, 0.25) is 0 Å². The molecule has 4 aromatic rings. The van der Waals surface area contributed by atoms with E-state index < -0.39 is 0 Å². The summed E-state index contributed by atoms with van der Waals surface area (Å²) in [5, 5.41) is 2.59. The summed E-state index contributed by atoms with van der Waals surface area (Å²) in [4.78, 5) is 3.93. The second-order valence-electron chi connectivity index (χ2n) is 6.86. The number of aryl methyl sites for hydroxylation is 1. The summed E-state index contributed by atoms with van der Waals surface area (Å²) >= 11 is 0. The van der Waals surface area contributed by atoms with Crippen LogP contribution >= 0.6 is 0 Å². The van der Waals surface area contributed by atoms with Gasteiger partial charge >= 0.3 is 0 Å². The van der Waals surface area contributed by atoms with Crippen molar-refractivity contribution in [2.24, 2.45) is 4.99 Å².